The SMILES string of the molecule is CC/C=C\C/C=C\C/C=C\C/C=C\C/C=C\C/C=C\CCCCCC(O)C(=O)NC(COC1OC(CO)C(O)C(O)C1OC(=O)CCCCC/C=C\C/C=C\C/C=C\C/C=C\CCCCC)C(O)/C=C/CCCCCCCCCCCC. The highest BCUT2D eigenvalue weighted by Gasteiger charge is 2.47. The second-order valence-electron chi connectivity index (χ2n) is 21.8. The summed E-state index contributed by atoms with van der Waals surface area (Å²) in [7, 11) is 0. The van der Waals surface area contributed by atoms with Gasteiger partial charge >= 0.3 is 5.97 Å². The van der Waals surface area contributed by atoms with Gasteiger partial charge < -0.3 is 45.1 Å². The summed E-state index contributed by atoms with van der Waals surface area (Å²) in [6, 6.07) is -1.06. The first-order valence-electron chi connectivity index (χ1n) is 32.5. The third-order valence-electron chi connectivity index (χ3n) is 14.3. The number of ether oxygens (including phenoxy) is 3. The average Bonchev–Trinajstić information content (AvgIpc) is 3.68. The van der Waals surface area contributed by atoms with Crippen LogP contribution in [0.15, 0.2) is 134 Å². The molecular formula is C71H117NO10. The molecule has 1 heterocycles. The Labute approximate surface area is 499 Å². The lowest BCUT2D eigenvalue weighted by atomic mass is 9.99. The zero-order chi connectivity index (χ0) is 59.6. The van der Waals surface area contributed by atoms with E-state index in [1.54, 1.807) is 6.08 Å². The normalized spacial score (nSPS) is 19.5. The van der Waals surface area contributed by atoms with Crippen molar-refractivity contribution < 1.29 is 49.3 Å². The molecule has 1 rings (SSSR count). The number of unbranched alkanes of at least 4 members (excludes halogenated alkanes) is 19. The molecule has 466 valence electrons. The Bertz CT molecular complexity index is 1840. The van der Waals surface area contributed by atoms with Crippen molar-refractivity contribution in [2.45, 2.75) is 288 Å². The van der Waals surface area contributed by atoms with Crippen LogP contribution in [-0.2, 0) is 23.8 Å². The van der Waals surface area contributed by atoms with Gasteiger partial charge in [0.25, 0.3) is 0 Å². The second-order valence-corrected chi connectivity index (χ2v) is 21.8. The van der Waals surface area contributed by atoms with E-state index in [4.69, 9.17) is 14.2 Å². The van der Waals surface area contributed by atoms with Crippen molar-refractivity contribution in [3.8, 4) is 0 Å². The third-order valence-corrected chi connectivity index (χ3v) is 14.3. The van der Waals surface area contributed by atoms with Crippen LogP contribution in [0.1, 0.15) is 239 Å². The van der Waals surface area contributed by atoms with Gasteiger partial charge in [-0.25, -0.2) is 0 Å². The molecule has 0 aromatic carbocycles. The number of allylic oxidation sites excluding steroid dienone is 21. The minimum absolute atomic E-state index is 0.0751. The summed E-state index contributed by atoms with van der Waals surface area (Å²) in [5.41, 5.74) is 0. The van der Waals surface area contributed by atoms with Gasteiger partial charge in [0, 0.05) is 6.42 Å². The maximum atomic E-state index is 13.4. The minimum atomic E-state index is -1.64. The van der Waals surface area contributed by atoms with Crippen molar-refractivity contribution in [2.24, 2.45) is 0 Å². The fourth-order valence-corrected chi connectivity index (χ4v) is 9.17. The van der Waals surface area contributed by atoms with Gasteiger partial charge in [-0.2, -0.15) is 0 Å². The summed E-state index contributed by atoms with van der Waals surface area (Å²) in [6.45, 7) is 5.60. The number of carbonyl (C=O) groups excluding carboxylic acids is 2. The van der Waals surface area contributed by atoms with Crippen molar-refractivity contribution in [3.63, 3.8) is 0 Å². The molecule has 6 N–H and O–H groups in total. The maximum Gasteiger partial charge on any atom is 0.306 e. The molecule has 8 atom stereocenters. The van der Waals surface area contributed by atoms with E-state index >= 15 is 0 Å². The average molecular weight is 1140 g/mol. The predicted octanol–water partition coefficient (Wildman–Crippen LogP) is 16.0. The van der Waals surface area contributed by atoms with E-state index in [-0.39, 0.29) is 19.4 Å². The number of esters is 1. The Kier molecular flexibility index (Phi) is 52.9. The Morgan fingerprint density at radius 3 is 1.34 bits per heavy atom. The molecule has 11 nitrogen and oxygen atoms in total. The number of hydrogen-bond donors (Lipinski definition) is 6. The fourth-order valence-electron chi connectivity index (χ4n) is 9.17. The molecular weight excluding hydrogens is 1030 g/mol. The Hall–Kier alpha value is -4.20. The molecule has 82 heavy (non-hydrogen) atoms. The summed E-state index contributed by atoms with van der Waals surface area (Å²) in [5, 5.41) is 57.0. The van der Waals surface area contributed by atoms with Crippen LogP contribution >= 0.6 is 0 Å². The molecule has 11 heteroatoms. The summed E-state index contributed by atoms with van der Waals surface area (Å²) >= 11 is 0. The van der Waals surface area contributed by atoms with Crippen LogP contribution in [0.2, 0.25) is 0 Å². The summed E-state index contributed by atoms with van der Waals surface area (Å²) in [4.78, 5) is 26.6. The van der Waals surface area contributed by atoms with E-state index < -0.39 is 67.4 Å². The van der Waals surface area contributed by atoms with Crippen LogP contribution in [0.25, 0.3) is 0 Å². The molecule has 0 aromatic rings. The van der Waals surface area contributed by atoms with Crippen molar-refractivity contribution in [3.05, 3.63) is 134 Å². The molecule has 1 amide bonds. The van der Waals surface area contributed by atoms with E-state index in [1.165, 1.54) is 64.2 Å². The molecule has 8 unspecified atom stereocenters. The number of aliphatic hydroxyl groups excluding tert-OH is 5. The summed E-state index contributed by atoms with van der Waals surface area (Å²) in [6.07, 6.45) is 70.5. The molecule has 1 saturated heterocycles. The quantitative estimate of drug-likeness (QED) is 0.0195. The summed E-state index contributed by atoms with van der Waals surface area (Å²) < 4.78 is 17.6. The predicted molar refractivity (Wildman–Crippen MR) is 342 cm³/mol. The van der Waals surface area contributed by atoms with Crippen LogP contribution in [0.4, 0.5) is 0 Å². The van der Waals surface area contributed by atoms with Crippen LogP contribution < -0.4 is 5.32 Å². The van der Waals surface area contributed by atoms with Crippen LogP contribution in [0.5, 0.6) is 0 Å². The highest BCUT2D eigenvalue weighted by Crippen LogP contribution is 2.26. The van der Waals surface area contributed by atoms with E-state index in [9.17, 15) is 35.1 Å². The smallest absolute Gasteiger partial charge is 0.306 e. The van der Waals surface area contributed by atoms with E-state index in [2.05, 4.69) is 148 Å². The number of nitrogens with one attached hydrogen (secondary N) is 1. The van der Waals surface area contributed by atoms with Crippen LogP contribution in [0, 0.1) is 0 Å². The zero-order valence-corrected chi connectivity index (χ0v) is 51.6. The maximum absolute atomic E-state index is 13.4. The largest absolute Gasteiger partial charge is 0.454 e. The van der Waals surface area contributed by atoms with Crippen molar-refractivity contribution in [2.75, 3.05) is 13.2 Å². The van der Waals surface area contributed by atoms with E-state index in [0.717, 1.165) is 128 Å². The molecule has 0 radical (unpaired) electrons. The lowest BCUT2D eigenvalue weighted by Gasteiger charge is -2.41. The Balaban J connectivity index is 2.71. The number of rotatable bonds is 53. The Morgan fingerprint density at radius 2 is 0.878 bits per heavy atom. The Morgan fingerprint density at radius 1 is 0.488 bits per heavy atom. The monoisotopic (exact) mass is 1140 g/mol. The molecule has 0 aliphatic carbocycles. The first-order chi connectivity index (χ1) is 40.2. The van der Waals surface area contributed by atoms with Gasteiger partial charge in [-0.15, -0.1) is 0 Å². The van der Waals surface area contributed by atoms with Gasteiger partial charge in [-0.1, -0.05) is 244 Å². The molecule has 0 spiro atoms. The highest BCUT2D eigenvalue weighted by molar-refractivity contribution is 5.80. The number of aliphatic hydroxyl groups is 5. The van der Waals surface area contributed by atoms with Gasteiger partial charge in [0.15, 0.2) is 12.4 Å². The third kappa shape index (κ3) is 44.3. The van der Waals surface area contributed by atoms with E-state index in [1.807, 2.05) is 6.08 Å². The first-order valence-corrected chi connectivity index (χ1v) is 32.5. The molecule has 0 saturated carbocycles. The number of hydrogen-bond acceptors (Lipinski definition) is 10. The minimum Gasteiger partial charge on any atom is -0.454 e. The van der Waals surface area contributed by atoms with Crippen LogP contribution in [-0.4, -0.2) is 99.6 Å². The lowest BCUT2D eigenvalue weighted by Crippen LogP contribution is -2.61. The van der Waals surface area contributed by atoms with Gasteiger partial charge in [-0.05, 0) is 122 Å². The number of amides is 1. The highest BCUT2D eigenvalue weighted by atomic mass is 16.7. The standard InChI is InChI=1S/C71H117NO10/c1-4-7-10-13-16-19-22-25-27-29-31-32-33-35-36-38-40-43-46-49-52-55-58-64(75)70(79)72-62(63(74)57-54-51-48-45-42-24-21-18-15-12-9-6-3)61-80-71-69(68(78)67(77)65(60-73)81-71)82-66(76)59-56-53-50-47-44-41-39-37-34-30-28-26-23-20-17-14-11-8-5-2/h7,10,16-17,19-20,25-28,31-32,34-37,40-41,43-44,54,57,62-65,67-69,71,73-75,77-78H,4-6,8-9,11-15,18,21-24,29-30,33,38-39,42,45-53,55-56,58-61H2,1-3H3,(H,72,79)/b10-7-,19-16-,20-17-,27-25-,28-26-,32-31-,36-35-,37-34-,43-40-,44-41-,57-54+. The van der Waals surface area contributed by atoms with Crippen molar-refractivity contribution >= 4 is 11.9 Å². The van der Waals surface area contributed by atoms with E-state index in [0.29, 0.717) is 12.8 Å². The van der Waals surface area contributed by atoms with Gasteiger partial charge in [0.05, 0.1) is 25.4 Å². The lowest BCUT2D eigenvalue weighted by molar-refractivity contribution is -0.305. The second kappa shape index (κ2) is 57.2. The first kappa shape index (κ1) is 75.8. The molecule has 1 aliphatic heterocycles. The molecule has 0 bridgehead atoms. The zero-order valence-electron chi connectivity index (χ0n) is 51.6. The molecule has 1 aliphatic rings. The fraction of sp³-hybridized carbons (Fsp3) is 0.662. The summed E-state index contributed by atoms with van der Waals surface area (Å²) in [5.74, 6) is -1.26. The molecule has 0 aromatic heterocycles. The van der Waals surface area contributed by atoms with Crippen molar-refractivity contribution in [1.29, 1.82) is 0 Å². The molecule has 1 fully saturated rings. The van der Waals surface area contributed by atoms with Gasteiger partial charge in [0.2, 0.25) is 5.91 Å². The van der Waals surface area contributed by atoms with Gasteiger partial charge in [0.1, 0.15) is 24.4 Å². The number of carbonyl (C=O) groups is 2. The van der Waals surface area contributed by atoms with Crippen molar-refractivity contribution in [1.82, 2.24) is 5.32 Å². The van der Waals surface area contributed by atoms with Gasteiger partial charge in [-0.3, -0.25) is 9.59 Å². The topological polar surface area (TPSA) is 175 Å². The van der Waals surface area contributed by atoms with Crippen LogP contribution in [0.3, 0.4) is 0 Å².